The molecule has 2 aromatic carbocycles. The summed E-state index contributed by atoms with van der Waals surface area (Å²) in [4.78, 5) is 33.5. The van der Waals surface area contributed by atoms with Gasteiger partial charge in [0.15, 0.2) is 0 Å². The molecule has 8 heteroatoms. The van der Waals surface area contributed by atoms with E-state index < -0.39 is 11.8 Å². The van der Waals surface area contributed by atoms with Gasteiger partial charge in [0, 0.05) is 50.8 Å². The zero-order chi connectivity index (χ0) is 24.6. The van der Waals surface area contributed by atoms with E-state index in [0.29, 0.717) is 37.6 Å². The number of halogens is 1. The molecule has 35 heavy (non-hydrogen) atoms. The molecule has 0 aliphatic carbocycles. The van der Waals surface area contributed by atoms with Crippen molar-refractivity contribution in [2.45, 2.75) is 19.4 Å². The molecule has 0 radical (unpaired) electrons. The lowest BCUT2D eigenvalue weighted by molar-refractivity contribution is -0.136. The number of benzene rings is 2. The van der Waals surface area contributed by atoms with Crippen LogP contribution in [-0.4, -0.2) is 54.4 Å². The number of carbonyl (C=O) groups excluding carboxylic acids is 2. The Morgan fingerprint density at radius 3 is 2.37 bits per heavy atom. The van der Waals surface area contributed by atoms with E-state index in [4.69, 9.17) is 0 Å². The van der Waals surface area contributed by atoms with Crippen molar-refractivity contribution >= 4 is 23.2 Å². The van der Waals surface area contributed by atoms with Gasteiger partial charge in [-0.2, -0.15) is 0 Å². The molecule has 1 saturated heterocycles. The summed E-state index contributed by atoms with van der Waals surface area (Å²) in [6.07, 6.45) is 4.38. The van der Waals surface area contributed by atoms with Gasteiger partial charge in [0.1, 0.15) is 5.82 Å². The van der Waals surface area contributed by atoms with Gasteiger partial charge in [0.25, 0.3) is 0 Å². The van der Waals surface area contributed by atoms with Gasteiger partial charge in [-0.1, -0.05) is 37.3 Å². The van der Waals surface area contributed by atoms with Crippen LogP contribution in [0, 0.1) is 5.82 Å². The largest absolute Gasteiger partial charge is 0.367 e. The van der Waals surface area contributed by atoms with Crippen LogP contribution in [0.4, 0.5) is 15.8 Å². The molecule has 1 fully saturated rings. The number of hydrogen-bond donors (Lipinski definition) is 2. The minimum absolute atomic E-state index is 0.160. The Morgan fingerprint density at radius 1 is 0.971 bits per heavy atom. The molecule has 2 N–H and O–H groups in total. The first kappa shape index (κ1) is 24.3. The molecule has 1 aromatic heterocycles. The number of amides is 2. The first-order chi connectivity index (χ1) is 17.0. The van der Waals surface area contributed by atoms with Gasteiger partial charge in [-0.25, -0.2) is 4.39 Å². The lowest BCUT2D eigenvalue weighted by Gasteiger charge is -2.40. The Hall–Kier alpha value is -3.78. The summed E-state index contributed by atoms with van der Waals surface area (Å²) in [5.41, 5.74) is 3.28. The molecule has 2 heterocycles. The maximum Gasteiger partial charge on any atom is 0.313 e. The fourth-order valence-electron chi connectivity index (χ4n) is 4.29. The molecule has 0 bridgehead atoms. The average Bonchev–Trinajstić information content (AvgIpc) is 2.90. The second-order valence-corrected chi connectivity index (χ2v) is 8.49. The summed E-state index contributed by atoms with van der Waals surface area (Å²) in [6.45, 7) is 4.98. The molecule has 7 nitrogen and oxygen atoms in total. The van der Waals surface area contributed by atoms with Gasteiger partial charge in [0.2, 0.25) is 0 Å². The fraction of sp³-hybridized carbons (Fsp3) is 0.296. The Morgan fingerprint density at radius 2 is 1.71 bits per heavy atom. The molecule has 3 aromatic rings. The molecule has 0 saturated carbocycles. The van der Waals surface area contributed by atoms with E-state index >= 15 is 0 Å². The molecule has 182 valence electrons. The third-order valence-electron chi connectivity index (χ3n) is 6.30. The van der Waals surface area contributed by atoms with Crippen LogP contribution in [0.5, 0.6) is 0 Å². The van der Waals surface area contributed by atoms with E-state index in [1.54, 1.807) is 36.7 Å². The number of aromatic nitrogens is 1. The Labute approximate surface area is 205 Å². The molecule has 1 aliphatic rings. The maximum absolute atomic E-state index is 14.2. The van der Waals surface area contributed by atoms with Crippen molar-refractivity contribution in [3.63, 3.8) is 0 Å². The number of aryl methyl sites for hydroxylation is 1. The topological polar surface area (TPSA) is 77.6 Å². The van der Waals surface area contributed by atoms with Crippen molar-refractivity contribution < 1.29 is 14.0 Å². The van der Waals surface area contributed by atoms with E-state index in [0.717, 1.165) is 17.5 Å². The van der Waals surface area contributed by atoms with Gasteiger partial charge in [-0.05, 0) is 47.9 Å². The van der Waals surface area contributed by atoms with E-state index in [1.807, 2.05) is 35.2 Å². The van der Waals surface area contributed by atoms with E-state index in [2.05, 4.69) is 27.4 Å². The quantitative estimate of drug-likeness (QED) is 0.512. The number of carbonyl (C=O) groups is 2. The maximum atomic E-state index is 14.2. The van der Waals surface area contributed by atoms with E-state index in [9.17, 15) is 14.0 Å². The third-order valence-corrected chi connectivity index (χ3v) is 6.30. The van der Waals surface area contributed by atoms with Crippen LogP contribution in [0.2, 0.25) is 0 Å². The van der Waals surface area contributed by atoms with Gasteiger partial charge >= 0.3 is 11.8 Å². The highest BCUT2D eigenvalue weighted by Gasteiger charge is 2.27. The van der Waals surface area contributed by atoms with Gasteiger partial charge in [-0.3, -0.25) is 19.5 Å². The van der Waals surface area contributed by atoms with Crippen molar-refractivity contribution in [2.24, 2.45) is 0 Å². The van der Waals surface area contributed by atoms with Crippen molar-refractivity contribution in [2.75, 3.05) is 42.9 Å². The Balaban J connectivity index is 1.38. The first-order valence-electron chi connectivity index (χ1n) is 11.9. The highest BCUT2D eigenvalue weighted by atomic mass is 19.1. The van der Waals surface area contributed by atoms with Crippen LogP contribution in [0.15, 0.2) is 73.1 Å². The van der Waals surface area contributed by atoms with Crippen LogP contribution >= 0.6 is 0 Å². The lowest BCUT2D eigenvalue weighted by Crippen LogP contribution is -2.50. The highest BCUT2D eigenvalue weighted by molar-refractivity contribution is 6.39. The van der Waals surface area contributed by atoms with E-state index in [1.165, 1.54) is 6.07 Å². The second-order valence-electron chi connectivity index (χ2n) is 8.49. The molecule has 2 amide bonds. The summed E-state index contributed by atoms with van der Waals surface area (Å²) in [6, 6.07) is 17.9. The van der Waals surface area contributed by atoms with Crippen LogP contribution in [0.3, 0.4) is 0 Å². The Kier molecular flexibility index (Phi) is 8.05. The monoisotopic (exact) mass is 475 g/mol. The summed E-state index contributed by atoms with van der Waals surface area (Å²) in [5, 5.41) is 5.43. The van der Waals surface area contributed by atoms with E-state index in [-0.39, 0.29) is 18.4 Å². The highest BCUT2D eigenvalue weighted by Crippen LogP contribution is 2.25. The number of nitrogens with one attached hydrogen (secondary N) is 2. The Bertz CT molecular complexity index is 1130. The number of para-hydroxylation sites is 1. The van der Waals surface area contributed by atoms with Crippen molar-refractivity contribution in [1.82, 2.24) is 15.2 Å². The molecule has 1 aliphatic heterocycles. The van der Waals surface area contributed by atoms with Crippen LogP contribution in [-0.2, 0) is 16.0 Å². The van der Waals surface area contributed by atoms with Crippen molar-refractivity contribution in [3.8, 4) is 0 Å². The molecule has 4 rings (SSSR count). The molecule has 1 atom stereocenters. The summed E-state index contributed by atoms with van der Waals surface area (Å²) in [5.74, 6) is -1.63. The lowest BCUT2D eigenvalue weighted by atomic mass is 10.1. The third kappa shape index (κ3) is 6.22. The zero-order valence-corrected chi connectivity index (χ0v) is 19.8. The SMILES string of the molecule is CCc1ccc(NC(=O)C(=O)NCC(c2cccnc2)N2CCN(c3ccccc3F)CC2)cc1. The number of piperazine rings is 1. The zero-order valence-electron chi connectivity index (χ0n) is 19.8. The standard InChI is InChI=1S/C27H30FN5O2/c1-2-20-9-11-22(12-10-20)31-27(35)26(34)30-19-25(21-6-5-13-29-18-21)33-16-14-32(15-17-33)24-8-4-3-7-23(24)28/h3-13,18,25H,2,14-17,19H2,1H3,(H,30,34)(H,31,35). The number of rotatable bonds is 7. The molecule has 0 spiro atoms. The minimum Gasteiger partial charge on any atom is -0.367 e. The predicted molar refractivity (Wildman–Crippen MR) is 135 cm³/mol. The van der Waals surface area contributed by atoms with Crippen LogP contribution < -0.4 is 15.5 Å². The van der Waals surface area contributed by atoms with Crippen LogP contribution in [0.1, 0.15) is 24.1 Å². The van der Waals surface area contributed by atoms with Crippen LogP contribution in [0.25, 0.3) is 0 Å². The smallest absolute Gasteiger partial charge is 0.313 e. The normalized spacial score (nSPS) is 14.9. The minimum atomic E-state index is -0.705. The van der Waals surface area contributed by atoms with Gasteiger partial charge < -0.3 is 15.5 Å². The van der Waals surface area contributed by atoms with Crippen molar-refractivity contribution in [1.29, 1.82) is 0 Å². The molecular formula is C27H30FN5O2. The summed E-state index contributed by atoms with van der Waals surface area (Å²) < 4.78 is 14.2. The average molecular weight is 476 g/mol. The van der Waals surface area contributed by atoms with Gasteiger partial charge in [0.05, 0.1) is 11.7 Å². The van der Waals surface area contributed by atoms with Gasteiger partial charge in [-0.15, -0.1) is 0 Å². The molecule has 1 unspecified atom stereocenters. The number of pyridine rings is 1. The predicted octanol–water partition coefficient (Wildman–Crippen LogP) is 3.40. The second kappa shape index (κ2) is 11.6. The first-order valence-corrected chi connectivity index (χ1v) is 11.9. The number of anilines is 2. The number of nitrogens with zero attached hydrogens (tertiary/aromatic N) is 3. The summed E-state index contributed by atoms with van der Waals surface area (Å²) >= 11 is 0. The fourth-order valence-corrected chi connectivity index (χ4v) is 4.29. The number of hydrogen-bond acceptors (Lipinski definition) is 5. The van der Waals surface area contributed by atoms with Crippen molar-refractivity contribution in [3.05, 3.63) is 90.0 Å². The summed E-state index contributed by atoms with van der Waals surface area (Å²) in [7, 11) is 0. The molecular weight excluding hydrogens is 445 g/mol.